The smallest absolute Gasteiger partial charge is 0.307 e. The van der Waals surface area contributed by atoms with Crippen molar-refractivity contribution in [1.82, 2.24) is 9.88 Å². The topological polar surface area (TPSA) is 73.4 Å². The molecule has 0 unspecified atom stereocenters. The van der Waals surface area contributed by atoms with Crippen molar-refractivity contribution >= 4 is 11.8 Å². The van der Waals surface area contributed by atoms with E-state index in [9.17, 15) is 9.59 Å². The Morgan fingerprint density at radius 2 is 2.35 bits per heavy atom. The first-order chi connectivity index (χ1) is 8.16. The predicted molar refractivity (Wildman–Crippen MR) is 61.9 cm³/mol. The lowest BCUT2D eigenvalue weighted by atomic mass is 9.98. The SMILES string of the molecule is O=C(CN1CCC[C@@H](C(=O)O)C1)c1ccc[nH]1. The van der Waals surface area contributed by atoms with Crippen LogP contribution >= 0.6 is 0 Å². The molecule has 92 valence electrons. The molecule has 0 saturated carbocycles. The summed E-state index contributed by atoms with van der Waals surface area (Å²) in [5.41, 5.74) is 0.586. The number of nitrogens with one attached hydrogen (secondary N) is 1. The number of H-pyrrole nitrogens is 1. The highest BCUT2D eigenvalue weighted by Gasteiger charge is 2.26. The Labute approximate surface area is 99.4 Å². The van der Waals surface area contributed by atoms with Crippen molar-refractivity contribution in [2.75, 3.05) is 19.6 Å². The fraction of sp³-hybridized carbons (Fsp3) is 0.500. The number of hydrogen-bond donors (Lipinski definition) is 2. The Hall–Kier alpha value is -1.62. The summed E-state index contributed by atoms with van der Waals surface area (Å²) in [4.78, 5) is 27.5. The highest BCUT2D eigenvalue weighted by atomic mass is 16.4. The van der Waals surface area contributed by atoms with Crippen molar-refractivity contribution in [1.29, 1.82) is 0 Å². The maximum atomic E-state index is 11.8. The van der Waals surface area contributed by atoms with E-state index in [0.717, 1.165) is 13.0 Å². The van der Waals surface area contributed by atoms with Gasteiger partial charge in [0, 0.05) is 12.7 Å². The Kier molecular flexibility index (Phi) is 3.58. The van der Waals surface area contributed by atoms with E-state index in [1.807, 2.05) is 4.90 Å². The van der Waals surface area contributed by atoms with Gasteiger partial charge in [0.05, 0.1) is 18.2 Å². The number of hydrogen-bond acceptors (Lipinski definition) is 3. The monoisotopic (exact) mass is 236 g/mol. The van der Waals surface area contributed by atoms with Gasteiger partial charge in [-0.25, -0.2) is 0 Å². The molecule has 0 radical (unpaired) electrons. The number of Topliss-reactive ketones (excluding diaryl/α,β-unsaturated/α-hetero) is 1. The maximum Gasteiger partial charge on any atom is 0.307 e. The van der Waals surface area contributed by atoms with Crippen molar-refractivity contribution in [2.24, 2.45) is 5.92 Å². The van der Waals surface area contributed by atoms with Crippen LogP contribution in [0.3, 0.4) is 0 Å². The number of piperidine rings is 1. The first-order valence-corrected chi connectivity index (χ1v) is 5.78. The second-order valence-corrected chi connectivity index (χ2v) is 4.42. The zero-order valence-electron chi connectivity index (χ0n) is 9.56. The minimum atomic E-state index is -0.762. The average molecular weight is 236 g/mol. The number of carbonyl (C=O) groups is 2. The van der Waals surface area contributed by atoms with Gasteiger partial charge >= 0.3 is 5.97 Å². The van der Waals surface area contributed by atoms with Gasteiger partial charge in [-0.2, -0.15) is 0 Å². The summed E-state index contributed by atoms with van der Waals surface area (Å²) in [6.45, 7) is 1.57. The van der Waals surface area contributed by atoms with Crippen LogP contribution in [0.4, 0.5) is 0 Å². The molecule has 5 nitrogen and oxygen atoms in total. The number of aromatic amines is 1. The van der Waals surface area contributed by atoms with Crippen molar-refractivity contribution in [3.63, 3.8) is 0 Å². The number of rotatable bonds is 4. The standard InChI is InChI=1S/C12H16N2O3/c15-11(10-4-1-5-13-10)8-14-6-2-3-9(7-14)12(16)17/h1,4-5,9,13H,2-3,6-8H2,(H,16,17)/t9-/m1/s1. The van der Waals surface area contributed by atoms with Crippen LogP contribution in [-0.4, -0.2) is 46.4 Å². The summed E-state index contributed by atoms with van der Waals surface area (Å²) in [5.74, 6) is -1.08. The van der Waals surface area contributed by atoms with E-state index >= 15 is 0 Å². The van der Waals surface area contributed by atoms with Gasteiger partial charge in [-0.05, 0) is 31.5 Å². The largest absolute Gasteiger partial charge is 0.481 e. The van der Waals surface area contributed by atoms with E-state index in [4.69, 9.17) is 5.11 Å². The van der Waals surface area contributed by atoms with Crippen LogP contribution in [0.15, 0.2) is 18.3 Å². The summed E-state index contributed by atoms with van der Waals surface area (Å²) >= 11 is 0. The lowest BCUT2D eigenvalue weighted by molar-refractivity contribution is -0.143. The first-order valence-electron chi connectivity index (χ1n) is 5.78. The van der Waals surface area contributed by atoms with Crippen molar-refractivity contribution < 1.29 is 14.7 Å². The van der Waals surface area contributed by atoms with E-state index in [-0.39, 0.29) is 11.7 Å². The van der Waals surface area contributed by atoms with Gasteiger partial charge in [0.15, 0.2) is 5.78 Å². The fourth-order valence-corrected chi connectivity index (χ4v) is 2.19. The number of aliphatic carboxylic acids is 1. The van der Waals surface area contributed by atoms with Crippen LogP contribution in [0.2, 0.25) is 0 Å². The third-order valence-corrected chi connectivity index (χ3v) is 3.12. The van der Waals surface area contributed by atoms with Gasteiger partial charge in [-0.15, -0.1) is 0 Å². The summed E-state index contributed by atoms with van der Waals surface area (Å²) < 4.78 is 0. The lowest BCUT2D eigenvalue weighted by Gasteiger charge is -2.29. The predicted octanol–water partition coefficient (Wildman–Crippen LogP) is 0.994. The van der Waals surface area contributed by atoms with Crippen LogP contribution in [0.5, 0.6) is 0 Å². The molecular weight excluding hydrogens is 220 g/mol. The van der Waals surface area contributed by atoms with Gasteiger partial charge < -0.3 is 10.1 Å². The molecule has 1 aliphatic rings. The molecule has 1 saturated heterocycles. The maximum absolute atomic E-state index is 11.8. The number of carbonyl (C=O) groups excluding carboxylic acids is 1. The van der Waals surface area contributed by atoms with E-state index in [0.29, 0.717) is 25.2 Å². The second-order valence-electron chi connectivity index (χ2n) is 4.42. The second kappa shape index (κ2) is 5.14. The number of likely N-dealkylation sites (tertiary alicyclic amines) is 1. The van der Waals surface area contributed by atoms with Crippen molar-refractivity contribution in [2.45, 2.75) is 12.8 Å². The molecule has 1 atom stereocenters. The molecule has 5 heteroatoms. The molecule has 0 amide bonds. The minimum Gasteiger partial charge on any atom is -0.481 e. The molecule has 2 heterocycles. The number of nitrogens with zero attached hydrogens (tertiary/aromatic N) is 1. The Balaban J connectivity index is 1.91. The molecule has 0 spiro atoms. The highest BCUT2D eigenvalue weighted by Crippen LogP contribution is 2.16. The summed E-state index contributed by atoms with van der Waals surface area (Å²) in [6, 6.07) is 3.52. The molecule has 1 fully saturated rings. The zero-order chi connectivity index (χ0) is 12.3. The third kappa shape index (κ3) is 2.94. The fourth-order valence-electron chi connectivity index (χ4n) is 2.19. The summed E-state index contributed by atoms with van der Waals surface area (Å²) in [5, 5.41) is 8.96. The van der Waals surface area contributed by atoms with E-state index in [1.54, 1.807) is 18.3 Å². The quantitative estimate of drug-likeness (QED) is 0.765. The molecule has 1 aromatic rings. The molecule has 2 rings (SSSR count). The molecule has 2 N–H and O–H groups in total. The van der Waals surface area contributed by atoms with Crippen LogP contribution in [0, 0.1) is 5.92 Å². The zero-order valence-corrected chi connectivity index (χ0v) is 9.56. The van der Waals surface area contributed by atoms with Gasteiger partial charge in [-0.3, -0.25) is 14.5 Å². The minimum absolute atomic E-state index is 0.0149. The average Bonchev–Trinajstić information content (AvgIpc) is 2.82. The summed E-state index contributed by atoms with van der Waals surface area (Å²) in [6.07, 6.45) is 3.26. The van der Waals surface area contributed by atoms with Crippen LogP contribution < -0.4 is 0 Å². The van der Waals surface area contributed by atoms with Crippen molar-refractivity contribution in [3.05, 3.63) is 24.0 Å². The van der Waals surface area contributed by atoms with Gasteiger partial charge in [0.25, 0.3) is 0 Å². The molecule has 17 heavy (non-hydrogen) atoms. The number of carboxylic acids is 1. The normalized spacial score (nSPS) is 21.3. The molecular formula is C12H16N2O3. The molecule has 0 bridgehead atoms. The van der Waals surface area contributed by atoms with Gasteiger partial charge in [0.1, 0.15) is 0 Å². The van der Waals surface area contributed by atoms with E-state index in [2.05, 4.69) is 4.98 Å². The Bertz CT molecular complexity index is 400. The Morgan fingerprint density at radius 3 is 3.00 bits per heavy atom. The van der Waals surface area contributed by atoms with Crippen LogP contribution in [0.1, 0.15) is 23.3 Å². The Morgan fingerprint density at radius 1 is 1.53 bits per heavy atom. The lowest BCUT2D eigenvalue weighted by Crippen LogP contribution is -2.41. The van der Waals surface area contributed by atoms with Gasteiger partial charge in [-0.1, -0.05) is 0 Å². The van der Waals surface area contributed by atoms with E-state index < -0.39 is 5.97 Å². The molecule has 0 aromatic carbocycles. The number of aromatic nitrogens is 1. The molecule has 1 aliphatic heterocycles. The van der Waals surface area contributed by atoms with Crippen LogP contribution in [-0.2, 0) is 4.79 Å². The number of ketones is 1. The molecule has 1 aromatic heterocycles. The van der Waals surface area contributed by atoms with Crippen LogP contribution in [0.25, 0.3) is 0 Å². The first kappa shape index (κ1) is 11.9. The third-order valence-electron chi connectivity index (χ3n) is 3.12. The van der Waals surface area contributed by atoms with E-state index in [1.165, 1.54) is 0 Å². The number of carboxylic acid groups (broad SMARTS) is 1. The summed E-state index contributed by atoms with van der Waals surface area (Å²) in [7, 11) is 0. The highest BCUT2D eigenvalue weighted by molar-refractivity contribution is 5.95. The van der Waals surface area contributed by atoms with Gasteiger partial charge in [0.2, 0.25) is 0 Å². The van der Waals surface area contributed by atoms with Crippen molar-refractivity contribution in [3.8, 4) is 0 Å². The molecule has 0 aliphatic carbocycles.